The van der Waals surface area contributed by atoms with Crippen molar-refractivity contribution in [2.75, 3.05) is 5.32 Å². The number of carbonyl (C=O) groups is 1. The van der Waals surface area contributed by atoms with E-state index < -0.39 is 0 Å². The molecule has 0 fully saturated rings. The van der Waals surface area contributed by atoms with Gasteiger partial charge in [0.1, 0.15) is 0 Å². The van der Waals surface area contributed by atoms with Gasteiger partial charge in [-0.1, -0.05) is 18.2 Å². The van der Waals surface area contributed by atoms with Gasteiger partial charge in [0.05, 0.1) is 15.2 Å². The molecule has 0 saturated heterocycles. The number of aryl methyl sites for hydroxylation is 1. The molecule has 2 N–H and O–H groups in total. The Morgan fingerprint density at radius 3 is 2.73 bits per heavy atom. The van der Waals surface area contributed by atoms with Crippen molar-refractivity contribution in [3.05, 3.63) is 59.1 Å². The van der Waals surface area contributed by atoms with E-state index in [0.29, 0.717) is 5.56 Å². The Kier molecular flexibility index (Phi) is 4.13. The van der Waals surface area contributed by atoms with Crippen LogP contribution in [0.2, 0.25) is 0 Å². The highest BCUT2D eigenvalue weighted by Gasteiger charge is 2.08. The number of hydrogen-bond acceptors (Lipinski definition) is 4. The molecule has 3 aromatic rings. The molecule has 110 valence electrons. The molecule has 0 aliphatic rings. The van der Waals surface area contributed by atoms with E-state index in [9.17, 15) is 4.79 Å². The third-order valence-electron chi connectivity index (χ3n) is 3.02. The Labute approximate surface area is 137 Å². The van der Waals surface area contributed by atoms with Crippen LogP contribution in [0.25, 0.3) is 10.2 Å². The van der Waals surface area contributed by atoms with Gasteiger partial charge < -0.3 is 5.32 Å². The van der Waals surface area contributed by atoms with Gasteiger partial charge in [-0.15, -0.1) is 11.3 Å². The number of thiazole rings is 1. The summed E-state index contributed by atoms with van der Waals surface area (Å²) in [5, 5.41) is 6.95. The first-order chi connectivity index (χ1) is 10.6. The SMILES string of the molecule is Cc1nc2cc(NC(=S)NC(=O)c3ccccc3)ccc2s1. The van der Waals surface area contributed by atoms with E-state index in [0.717, 1.165) is 20.9 Å². The minimum Gasteiger partial charge on any atom is -0.332 e. The van der Waals surface area contributed by atoms with Crippen molar-refractivity contribution in [1.29, 1.82) is 0 Å². The molecule has 4 nitrogen and oxygen atoms in total. The van der Waals surface area contributed by atoms with E-state index in [-0.39, 0.29) is 11.0 Å². The summed E-state index contributed by atoms with van der Waals surface area (Å²) in [4.78, 5) is 16.4. The van der Waals surface area contributed by atoms with Crippen molar-refractivity contribution in [1.82, 2.24) is 10.3 Å². The maximum absolute atomic E-state index is 12.0. The molecule has 1 heterocycles. The van der Waals surface area contributed by atoms with Gasteiger partial charge in [0.15, 0.2) is 5.11 Å². The third kappa shape index (κ3) is 3.29. The van der Waals surface area contributed by atoms with Crippen molar-refractivity contribution in [3.63, 3.8) is 0 Å². The zero-order valence-corrected chi connectivity index (χ0v) is 13.4. The number of nitrogens with zero attached hydrogens (tertiary/aromatic N) is 1. The fourth-order valence-corrected chi connectivity index (χ4v) is 3.07. The Morgan fingerprint density at radius 1 is 1.18 bits per heavy atom. The summed E-state index contributed by atoms with van der Waals surface area (Å²) in [6.07, 6.45) is 0. The predicted molar refractivity (Wildman–Crippen MR) is 94.5 cm³/mol. The standard InChI is InChI=1S/C16H13N3OS2/c1-10-17-13-9-12(7-8-14(13)22-10)18-16(21)19-15(20)11-5-3-2-4-6-11/h2-9H,1H3,(H2,18,19,20,21). The summed E-state index contributed by atoms with van der Waals surface area (Å²) in [5.74, 6) is -0.233. The highest BCUT2D eigenvalue weighted by atomic mass is 32.1. The van der Waals surface area contributed by atoms with Gasteiger partial charge in [-0.3, -0.25) is 10.1 Å². The fraction of sp³-hybridized carbons (Fsp3) is 0.0625. The van der Waals surface area contributed by atoms with Crippen LogP contribution < -0.4 is 10.6 Å². The minimum atomic E-state index is -0.233. The molecule has 0 unspecified atom stereocenters. The molecule has 0 radical (unpaired) electrons. The quantitative estimate of drug-likeness (QED) is 0.704. The van der Waals surface area contributed by atoms with E-state index in [2.05, 4.69) is 15.6 Å². The summed E-state index contributed by atoms with van der Waals surface area (Å²) in [7, 11) is 0. The van der Waals surface area contributed by atoms with Crippen LogP contribution in [0, 0.1) is 6.92 Å². The van der Waals surface area contributed by atoms with E-state index in [1.54, 1.807) is 23.5 Å². The number of aromatic nitrogens is 1. The van der Waals surface area contributed by atoms with Crippen LogP contribution in [0.3, 0.4) is 0 Å². The van der Waals surface area contributed by atoms with Crippen LogP contribution in [0.15, 0.2) is 48.5 Å². The van der Waals surface area contributed by atoms with E-state index in [1.807, 2.05) is 43.3 Å². The molecule has 0 aliphatic carbocycles. The molecule has 22 heavy (non-hydrogen) atoms. The molecule has 1 aromatic heterocycles. The molecule has 3 rings (SSSR count). The minimum absolute atomic E-state index is 0.233. The van der Waals surface area contributed by atoms with Crippen molar-refractivity contribution in [2.45, 2.75) is 6.92 Å². The van der Waals surface area contributed by atoms with Gasteiger partial charge in [-0.25, -0.2) is 4.98 Å². The molecule has 0 saturated carbocycles. The summed E-state index contributed by atoms with van der Waals surface area (Å²) >= 11 is 6.83. The lowest BCUT2D eigenvalue weighted by Crippen LogP contribution is -2.34. The highest BCUT2D eigenvalue weighted by Crippen LogP contribution is 2.24. The smallest absolute Gasteiger partial charge is 0.257 e. The topological polar surface area (TPSA) is 54.0 Å². The van der Waals surface area contributed by atoms with Gasteiger partial charge in [0.2, 0.25) is 0 Å². The molecular formula is C16H13N3OS2. The van der Waals surface area contributed by atoms with Gasteiger partial charge in [0.25, 0.3) is 5.91 Å². The molecule has 0 bridgehead atoms. The predicted octanol–water partition coefficient (Wildman–Crippen LogP) is 3.73. The van der Waals surface area contributed by atoms with Crippen LogP contribution in [-0.4, -0.2) is 16.0 Å². The Balaban J connectivity index is 1.69. The second kappa shape index (κ2) is 6.21. The van der Waals surface area contributed by atoms with E-state index in [4.69, 9.17) is 12.2 Å². The second-order valence-corrected chi connectivity index (χ2v) is 6.33. The second-order valence-electron chi connectivity index (χ2n) is 4.69. The zero-order chi connectivity index (χ0) is 15.5. The summed E-state index contributed by atoms with van der Waals surface area (Å²) in [5.41, 5.74) is 2.29. The Hall–Kier alpha value is -2.31. The summed E-state index contributed by atoms with van der Waals surface area (Å²) in [6, 6.07) is 14.8. The third-order valence-corrected chi connectivity index (χ3v) is 4.17. The first-order valence-electron chi connectivity index (χ1n) is 6.66. The van der Waals surface area contributed by atoms with Crippen molar-refractivity contribution < 1.29 is 4.79 Å². The monoisotopic (exact) mass is 327 g/mol. The normalized spacial score (nSPS) is 10.4. The number of benzene rings is 2. The number of fused-ring (bicyclic) bond motifs is 1. The molecular weight excluding hydrogens is 314 g/mol. The summed E-state index contributed by atoms with van der Waals surface area (Å²) in [6.45, 7) is 1.97. The maximum Gasteiger partial charge on any atom is 0.257 e. The molecule has 2 aromatic carbocycles. The van der Waals surface area contributed by atoms with Crippen LogP contribution in [0.4, 0.5) is 5.69 Å². The fourth-order valence-electron chi connectivity index (χ4n) is 2.05. The maximum atomic E-state index is 12.0. The van der Waals surface area contributed by atoms with Gasteiger partial charge >= 0.3 is 0 Å². The van der Waals surface area contributed by atoms with Crippen LogP contribution >= 0.6 is 23.6 Å². The number of hydrogen-bond donors (Lipinski definition) is 2. The van der Waals surface area contributed by atoms with Crippen LogP contribution in [-0.2, 0) is 0 Å². The van der Waals surface area contributed by atoms with Crippen LogP contribution in [0.1, 0.15) is 15.4 Å². The average molecular weight is 327 g/mol. The van der Waals surface area contributed by atoms with Crippen molar-refractivity contribution in [3.8, 4) is 0 Å². The average Bonchev–Trinajstić information content (AvgIpc) is 2.87. The summed E-state index contributed by atoms with van der Waals surface area (Å²) < 4.78 is 1.13. The van der Waals surface area contributed by atoms with Crippen molar-refractivity contribution >= 4 is 50.5 Å². The van der Waals surface area contributed by atoms with E-state index >= 15 is 0 Å². The highest BCUT2D eigenvalue weighted by molar-refractivity contribution is 7.80. The first-order valence-corrected chi connectivity index (χ1v) is 7.89. The molecule has 0 atom stereocenters. The Morgan fingerprint density at radius 2 is 1.95 bits per heavy atom. The number of amides is 1. The number of thiocarbonyl (C=S) groups is 1. The lowest BCUT2D eigenvalue weighted by Gasteiger charge is -2.09. The number of rotatable bonds is 2. The zero-order valence-electron chi connectivity index (χ0n) is 11.8. The van der Waals surface area contributed by atoms with Gasteiger partial charge in [0, 0.05) is 11.3 Å². The van der Waals surface area contributed by atoms with Gasteiger partial charge in [-0.05, 0) is 49.5 Å². The van der Waals surface area contributed by atoms with Crippen molar-refractivity contribution in [2.24, 2.45) is 0 Å². The lowest BCUT2D eigenvalue weighted by atomic mass is 10.2. The van der Waals surface area contributed by atoms with Gasteiger partial charge in [-0.2, -0.15) is 0 Å². The van der Waals surface area contributed by atoms with E-state index in [1.165, 1.54) is 0 Å². The number of nitrogens with one attached hydrogen (secondary N) is 2. The molecule has 1 amide bonds. The number of carbonyl (C=O) groups excluding carboxylic acids is 1. The number of anilines is 1. The first kappa shape index (κ1) is 14.6. The largest absolute Gasteiger partial charge is 0.332 e. The molecule has 0 aliphatic heterocycles. The molecule has 6 heteroatoms. The Bertz CT molecular complexity index is 843. The van der Waals surface area contributed by atoms with Crippen LogP contribution in [0.5, 0.6) is 0 Å². The lowest BCUT2D eigenvalue weighted by molar-refractivity contribution is 0.0978. The molecule has 0 spiro atoms.